The molecule has 6 nitrogen and oxygen atoms in total. The molecule has 20 heavy (non-hydrogen) atoms. The summed E-state index contributed by atoms with van der Waals surface area (Å²) in [5.41, 5.74) is 0.000541. The molecular formula is C13H20N2O4S. The van der Waals surface area contributed by atoms with Gasteiger partial charge in [-0.2, -0.15) is 4.31 Å². The number of hydrogen-bond donors (Lipinski definition) is 1. The van der Waals surface area contributed by atoms with Crippen LogP contribution in [0.2, 0.25) is 0 Å². The van der Waals surface area contributed by atoms with Crippen molar-refractivity contribution in [2.24, 2.45) is 0 Å². The number of carbonyl (C=O) groups is 1. The third-order valence-corrected chi connectivity index (χ3v) is 5.74. The van der Waals surface area contributed by atoms with E-state index in [1.165, 1.54) is 21.1 Å². The van der Waals surface area contributed by atoms with E-state index in [1.807, 2.05) is 13.8 Å². The third kappa shape index (κ3) is 2.47. The number of rotatable bonds is 5. The molecule has 7 heteroatoms. The first kappa shape index (κ1) is 15.1. The van der Waals surface area contributed by atoms with Crippen LogP contribution in [0.5, 0.6) is 0 Å². The van der Waals surface area contributed by atoms with Gasteiger partial charge < -0.3 is 9.67 Å². The molecule has 0 aromatic carbocycles. The van der Waals surface area contributed by atoms with Crippen LogP contribution in [-0.2, 0) is 10.0 Å². The number of carboxylic acid groups (broad SMARTS) is 1. The van der Waals surface area contributed by atoms with Gasteiger partial charge in [-0.3, -0.25) is 0 Å². The summed E-state index contributed by atoms with van der Waals surface area (Å²) in [5, 5.41) is 9.17. The lowest BCUT2D eigenvalue weighted by Crippen LogP contribution is -2.41. The Hall–Kier alpha value is -1.34. The number of aromatic nitrogens is 1. The van der Waals surface area contributed by atoms with E-state index >= 15 is 0 Å². The van der Waals surface area contributed by atoms with Gasteiger partial charge in [0, 0.05) is 25.3 Å². The Kier molecular flexibility index (Phi) is 3.93. The summed E-state index contributed by atoms with van der Waals surface area (Å²) in [6.07, 6.45) is 4.19. The van der Waals surface area contributed by atoms with Crippen LogP contribution >= 0.6 is 0 Å². The number of carboxylic acids is 1. The predicted octanol–water partition coefficient (Wildman–Crippen LogP) is 1.94. The maximum absolute atomic E-state index is 12.5. The highest BCUT2D eigenvalue weighted by Crippen LogP contribution is 2.29. The zero-order valence-corrected chi connectivity index (χ0v) is 12.7. The maximum Gasteiger partial charge on any atom is 0.352 e. The minimum Gasteiger partial charge on any atom is -0.477 e. The molecule has 2 rings (SSSR count). The zero-order chi connectivity index (χ0) is 15.1. The molecule has 112 valence electrons. The molecule has 0 saturated heterocycles. The fourth-order valence-electron chi connectivity index (χ4n) is 2.31. The van der Waals surface area contributed by atoms with E-state index in [1.54, 1.807) is 7.05 Å². The van der Waals surface area contributed by atoms with Crippen LogP contribution in [0.1, 0.15) is 49.6 Å². The minimum absolute atomic E-state index is 0.000541. The highest BCUT2D eigenvalue weighted by molar-refractivity contribution is 7.89. The second-order valence-electron chi connectivity index (χ2n) is 5.47. The Morgan fingerprint density at radius 1 is 1.45 bits per heavy atom. The van der Waals surface area contributed by atoms with Crippen molar-refractivity contribution >= 4 is 16.0 Å². The van der Waals surface area contributed by atoms with Gasteiger partial charge in [-0.15, -0.1) is 0 Å². The summed E-state index contributed by atoms with van der Waals surface area (Å²) in [6.45, 7) is 3.64. The van der Waals surface area contributed by atoms with Crippen LogP contribution in [0.4, 0.5) is 0 Å². The Bertz CT molecular complexity index is 614. The summed E-state index contributed by atoms with van der Waals surface area (Å²) in [4.78, 5) is 11.3. The Morgan fingerprint density at radius 2 is 2.05 bits per heavy atom. The lowest BCUT2D eigenvalue weighted by atomic mass is 9.94. The Morgan fingerprint density at radius 3 is 2.40 bits per heavy atom. The van der Waals surface area contributed by atoms with Crippen LogP contribution in [-0.4, -0.2) is 41.5 Å². The van der Waals surface area contributed by atoms with Gasteiger partial charge in [-0.1, -0.05) is 6.42 Å². The van der Waals surface area contributed by atoms with Gasteiger partial charge in [0.2, 0.25) is 10.0 Å². The van der Waals surface area contributed by atoms with E-state index in [2.05, 4.69) is 0 Å². The second kappa shape index (κ2) is 5.21. The molecule has 0 radical (unpaired) electrons. The van der Waals surface area contributed by atoms with E-state index in [-0.39, 0.29) is 22.7 Å². The molecule has 0 spiro atoms. The van der Waals surface area contributed by atoms with E-state index in [0.29, 0.717) is 0 Å². The summed E-state index contributed by atoms with van der Waals surface area (Å²) in [6, 6.07) is 1.17. The van der Waals surface area contributed by atoms with Gasteiger partial charge >= 0.3 is 5.97 Å². The summed E-state index contributed by atoms with van der Waals surface area (Å²) < 4.78 is 27.8. The quantitative estimate of drug-likeness (QED) is 0.901. The fraction of sp³-hybridized carbons (Fsp3) is 0.615. The molecule has 1 aromatic rings. The molecule has 0 aliphatic heterocycles. The number of aromatic carboxylic acids is 1. The highest BCUT2D eigenvalue weighted by atomic mass is 32.2. The lowest BCUT2D eigenvalue weighted by molar-refractivity contribution is 0.0683. The van der Waals surface area contributed by atoms with Crippen molar-refractivity contribution in [3.63, 3.8) is 0 Å². The van der Waals surface area contributed by atoms with Crippen molar-refractivity contribution < 1.29 is 18.3 Å². The standard InChI is InChI=1S/C13H20N2O4S/c1-9(2)15-8-11(7-12(15)13(16)17)20(18,19)14(3)10-5-4-6-10/h7-10H,4-6H2,1-3H3,(H,16,17). The van der Waals surface area contributed by atoms with Crippen LogP contribution in [0, 0.1) is 0 Å². The van der Waals surface area contributed by atoms with Crippen molar-refractivity contribution in [2.75, 3.05) is 7.05 Å². The minimum atomic E-state index is -3.62. The highest BCUT2D eigenvalue weighted by Gasteiger charge is 2.33. The van der Waals surface area contributed by atoms with Crippen molar-refractivity contribution in [3.05, 3.63) is 18.0 Å². The number of sulfonamides is 1. The first-order valence-electron chi connectivity index (χ1n) is 6.68. The zero-order valence-electron chi connectivity index (χ0n) is 11.9. The molecule has 1 aliphatic rings. The molecule has 0 bridgehead atoms. The van der Waals surface area contributed by atoms with Crippen molar-refractivity contribution in [3.8, 4) is 0 Å². The lowest BCUT2D eigenvalue weighted by Gasteiger charge is -2.33. The first-order chi connectivity index (χ1) is 9.25. The summed E-state index contributed by atoms with van der Waals surface area (Å²) >= 11 is 0. The maximum atomic E-state index is 12.5. The summed E-state index contributed by atoms with van der Waals surface area (Å²) in [7, 11) is -2.06. The monoisotopic (exact) mass is 300 g/mol. The average Bonchev–Trinajstić information content (AvgIpc) is 2.71. The number of nitrogens with zero attached hydrogens (tertiary/aromatic N) is 2. The van der Waals surface area contributed by atoms with Crippen LogP contribution in [0.25, 0.3) is 0 Å². The Balaban J connectivity index is 2.41. The molecule has 1 N–H and O–H groups in total. The first-order valence-corrected chi connectivity index (χ1v) is 8.12. The smallest absolute Gasteiger partial charge is 0.352 e. The topological polar surface area (TPSA) is 79.6 Å². The van der Waals surface area contributed by atoms with Crippen LogP contribution in [0.15, 0.2) is 17.2 Å². The third-order valence-electron chi connectivity index (χ3n) is 3.86. The molecule has 1 heterocycles. The number of hydrogen-bond acceptors (Lipinski definition) is 3. The molecule has 0 atom stereocenters. The largest absolute Gasteiger partial charge is 0.477 e. The molecule has 1 saturated carbocycles. The summed E-state index contributed by atoms with van der Waals surface area (Å²) in [5.74, 6) is -1.12. The van der Waals surface area contributed by atoms with E-state index < -0.39 is 16.0 Å². The molecule has 1 fully saturated rings. The van der Waals surface area contributed by atoms with E-state index in [9.17, 15) is 13.2 Å². The van der Waals surface area contributed by atoms with Gasteiger partial charge in [-0.05, 0) is 32.8 Å². The van der Waals surface area contributed by atoms with Crippen molar-refractivity contribution in [1.29, 1.82) is 0 Å². The normalized spacial score (nSPS) is 16.6. The molecule has 0 unspecified atom stereocenters. The molecule has 0 amide bonds. The molecular weight excluding hydrogens is 280 g/mol. The van der Waals surface area contributed by atoms with Crippen molar-refractivity contribution in [1.82, 2.24) is 8.87 Å². The fourth-order valence-corrected chi connectivity index (χ4v) is 3.75. The van der Waals surface area contributed by atoms with Gasteiger partial charge in [0.1, 0.15) is 10.6 Å². The van der Waals surface area contributed by atoms with Crippen LogP contribution in [0.3, 0.4) is 0 Å². The molecule has 1 aliphatic carbocycles. The van der Waals surface area contributed by atoms with Crippen LogP contribution < -0.4 is 0 Å². The van der Waals surface area contributed by atoms with E-state index in [4.69, 9.17) is 5.11 Å². The molecule has 1 aromatic heterocycles. The van der Waals surface area contributed by atoms with Crippen molar-refractivity contribution in [2.45, 2.75) is 50.1 Å². The van der Waals surface area contributed by atoms with E-state index in [0.717, 1.165) is 19.3 Å². The van der Waals surface area contributed by atoms with Gasteiger partial charge in [0.05, 0.1) is 0 Å². The average molecular weight is 300 g/mol. The van der Waals surface area contributed by atoms with Gasteiger partial charge in [0.15, 0.2) is 0 Å². The van der Waals surface area contributed by atoms with Gasteiger partial charge in [0.25, 0.3) is 0 Å². The predicted molar refractivity (Wildman–Crippen MR) is 74.4 cm³/mol. The Labute approximate surface area is 119 Å². The van der Waals surface area contributed by atoms with Gasteiger partial charge in [-0.25, -0.2) is 13.2 Å². The second-order valence-corrected chi connectivity index (χ2v) is 7.47. The SMILES string of the molecule is CC(C)n1cc(S(=O)(=O)N(C)C2CCC2)cc1C(=O)O.